The molecule has 12 heteroatoms. The summed E-state index contributed by atoms with van der Waals surface area (Å²) in [6, 6.07) is 11.0. The molecule has 1 atom stereocenters. The minimum absolute atomic E-state index is 0.0686. The second-order valence-corrected chi connectivity index (χ2v) is 9.81. The van der Waals surface area contributed by atoms with Crippen LogP contribution >= 0.6 is 0 Å². The van der Waals surface area contributed by atoms with E-state index in [-0.39, 0.29) is 42.6 Å². The van der Waals surface area contributed by atoms with Crippen molar-refractivity contribution in [3.8, 4) is 17.9 Å². The number of hydrogen-bond donors (Lipinski definition) is 1. The van der Waals surface area contributed by atoms with Crippen LogP contribution in [0.15, 0.2) is 39.9 Å². The molecule has 1 fully saturated rings. The number of esters is 1. The van der Waals surface area contributed by atoms with Gasteiger partial charge in [0, 0.05) is 24.5 Å². The molecule has 210 valence electrons. The number of nitrogens with two attached hydrogens (primary N) is 1. The van der Waals surface area contributed by atoms with Crippen LogP contribution in [0.2, 0.25) is 0 Å². The number of fused-ring (bicyclic) bond motifs is 2. The highest BCUT2D eigenvalue weighted by Gasteiger charge is 2.27. The third-order valence-corrected chi connectivity index (χ3v) is 7.06. The van der Waals surface area contributed by atoms with Gasteiger partial charge in [0.15, 0.2) is 11.2 Å². The molecular weight excluding hydrogens is 524 g/mol. The van der Waals surface area contributed by atoms with Crippen molar-refractivity contribution in [2.45, 2.75) is 52.4 Å². The van der Waals surface area contributed by atoms with Crippen LogP contribution in [0.4, 0.5) is 5.95 Å². The molecular formula is C29H30N8O4. The largest absolute Gasteiger partial charge is 0.465 e. The fourth-order valence-corrected chi connectivity index (χ4v) is 5.22. The van der Waals surface area contributed by atoms with Gasteiger partial charge in [-0.15, -0.1) is 5.92 Å². The highest BCUT2D eigenvalue weighted by atomic mass is 16.5. The van der Waals surface area contributed by atoms with Gasteiger partial charge in [0.1, 0.15) is 18.3 Å². The van der Waals surface area contributed by atoms with Gasteiger partial charge >= 0.3 is 11.7 Å². The van der Waals surface area contributed by atoms with Crippen LogP contribution < -0.4 is 21.9 Å². The average molecular weight is 555 g/mol. The predicted molar refractivity (Wildman–Crippen MR) is 153 cm³/mol. The summed E-state index contributed by atoms with van der Waals surface area (Å²) in [5.41, 5.74) is 5.64. The Hall–Kier alpha value is -4.94. The average Bonchev–Trinajstić information content (AvgIpc) is 3.35. The predicted octanol–water partition coefficient (Wildman–Crippen LogP) is 1.34. The highest BCUT2D eigenvalue weighted by Crippen LogP contribution is 2.24. The molecule has 1 aliphatic rings. The SMILES string of the molecule is CC#CCn1c(N2CCCC(N)C2)nc2c1c(=O)n(Cc1cc3ccccc3c(C#N)n1)c(=O)n2CC(=O)OCC. The lowest BCUT2D eigenvalue weighted by molar-refractivity contribution is -0.143. The number of carbonyl (C=O) groups excluding carboxylic acids is 1. The molecule has 1 saturated heterocycles. The lowest BCUT2D eigenvalue weighted by Crippen LogP contribution is -2.44. The molecule has 0 bridgehead atoms. The van der Waals surface area contributed by atoms with E-state index in [0.717, 1.165) is 27.4 Å². The van der Waals surface area contributed by atoms with Crippen molar-refractivity contribution in [2.75, 3.05) is 24.6 Å². The number of nitrogens with zero attached hydrogens (tertiary/aromatic N) is 7. The summed E-state index contributed by atoms with van der Waals surface area (Å²) in [4.78, 5) is 51.6. The Morgan fingerprint density at radius 2 is 2.00 bits per heavy atom. The highest BCUT2D eigenvalue weighted by molar-refractivity contribution is 5.86. The van der Waals surface area contributed by atoms with Crippen LogP contribution in [0.1, 0.15) is 38.1 Å². The fraction of sp³-hybridized carbons (Fsp3) is 0.379. The van der Waals surface area contributed by atoms with Crippen molar-refractivity contribution in [3.05, 3.63) is 62.6 Å². The van der Waals surface area contributed by atoms with Crippen molar-refractivity contribution in [1.82, 2.24) is 23.7 Å². The van der Waals surface area contributed by atoms with E-state index in [1.165, 1.54) is 0 Å². The van der Waals surface area contributed by atoms with Crippen LogP contribution in [0.25, 0.3) is 21.9 Å². The minimum atomic E-state index is -0.739. The van der Waals surface area contributed by atoms with E-state index in [1.54, 1.807) is 30.5 Å². The van der Waals surface area contributed by atoms with Crippen LogP contribution in [0.5, 0.6) is 0 Å². The second kappa shape index (κ2) is 11.7. The number of nitriles is 1. The molecule has 0 aliphatic carbocycles. The first-order valence-electron chi connectivity index (χ1n) is 13.4. The van der Waals surface area contributed by atoms with Gasteiger partial charge in [0.25, 0.3) is 5.56 Å². The van der Waals surface area contributed by atoms with Crippen molar-refractivity contribution in [2.24, 2.45) is 5.73 Å². The van der Waals surface area contributed by atoms with Crippen molar-refractivity contribution in [3.63, 3.8) is 0 Å². The third kappa shape index (κ3) is 5.30. The minimum Gasteiger partial charge on any atom is -0.465 e. The monoisotopic (exact) mass is 554 g/mol. The summed E-state index contributed by atoms with van der Waals surface area (Å²) < 4.78 is 8.98. The van der Waals surface area contributed by atoms with Gasteiger partial charge in [0.2, 0.25) is 5.95 Å². The molecule has 4 aromatic rings. The van der Waals surface area contributed by atoms with E-state index in [9.17, 15) is 19.6 Å². The quantitative estimate of drug-likeness (QED) is 0.263. The summed E-state index contributed by atoms with van der Waals surface area (Å²) in [6.07, 6.45) is 1.72. The number of ether oxygens (including phenoxy) is 1. The molecule has 0 amide bonds. The number of pyridine rings is 1. The van der Waals surface area contributed by atoms with E-state index in [4.69, 9.17) is 15.5 Å². The second-order valence-electron chi connectivity index (χ2n) is 9.81. The first kappa shape index (κ1) is 27.6. The Labute approximate surface area is 235 Å². The van der Waals surface area contributed by atoms with Gasteiger partial charge in [-0.3, -0.25) is 23.3 Å². The van der Waals surface area contributed by atoms with E-state index in [2.05, 4.69) is 22.9 Å². The first-order valence-corrected chi connectivity index (χ1v) is 13.4. The number of benzene rings is 1. The zero-order valence-electron chi connectivity index (χ0n) is 23.0. The number of carbonyl (C=O) groups is 1. The molecule has 5 rings (SSSR count). The van der Waals surface area contributed by atoms with Crippen LogP contribution in [-0.2, 0) is 29.2 Å². The first-order chi connectivity index (χ1) is 19.9. The molecule has 12 nitrogen and oxygen atoms in total. The number of rotatable bonds is 7. The van der Waals surface area contributed by atoms with E-state index in [1.807, 2.05) is 23.1 Å². The molecule has 4 heterocycles. The van der Waals surface area contributed by atoms with E-state index < -0.39 is 23.8 Å². The number of imidazole rings is 1. The van der Waals surface area contributed by atoms with Gasteiger partial charge in [-0.2, -0.15) is 10.2 Å². The Balaban J connectivity index is 1.76. The van der Waals surface area contributed by atoms with Crippen molar-refractivity contribution >= 4 is 33.9 Å². The van der Waals surface area contributed by atoms with Crippen LogP contribution in [-0.4, -0.2) is 55.4 Å². The van der Waals surface area contributed by atoms with Gasteiger partial charge in [-0.05, 0) is 38.1 Å². The zero-order valence-corrected chi connectivity index (χ0v) is 23.0. The summed E-state index contributed by atoms with van der Waals surface area (Å²) in [5, 5.41) is 11.1. The molecule has 2 N–H and O–H groups in total. The third-order valence-electron chi connectivity index (χ3n) is 7.06. The normalized spacial score (nSPS) is 15.0. The zero-order chi connectivity index (χ0) is 29.1. The molecule has 0 radical (unpaired) electrons. The Kier molecular flexibility index (Phi) is 7.86. The fourth-order valence-electron chi connectivity index (χ4n) is 5.22. The van der Waals surface area contributed by atoms with Crippen molar-refractivity contribution in [1.29, 1.82) is 5.26 Å². The summed E-state index contributed by atoms with van der Waals surface area (Å²) >= 11 is 0. The molecule has 1 unspecified atom stereocenters. The van der Waals surface area contributed by atoms with Gasteiger partial charge in [0.05, 0.1) is 25.4 Å². The molecule has 1 aliphatic heterocycles. The summed E-state index contributed by atoms with van der Waals surface area (Å²) in [6.45, 7) is 4.19. The number of aromatic nitrogens is 5. The molecule has 0 spiro atoms. The van der Waals surface area contributed by atoms with E-state index >= 15 is 0 Å². The summed E-state index contributed by atoms with van der Waals surface area (Å²) in [7, 11) is 0. The van der Waals surface area contributed by atoms with E-state index in [0.29, 0.717) is 30.1 Å². The van der Waals surface area contributed by atoms with Crippen molar-refractivity contribution < 1.29 is 9.53 Å². The summed E-state index contributed by atoms with van der Waals surface area (Å²) in [5.74, 6) is 5.67. The van der Waals surface area contributed by atoms with Crippen LogP contribution in [0.3, 0.4) is 0 Å². The molecule has 41 heavy (non-hydrogen) atoms. The smallest absolute Gasteiger partial charge is 0.333 e. The lowest BCUT2D eigenvalue weighted by atomic mass is 10.1. The maximum Gasteiger partial charge on any atom is 0.333 e. The lowest BCUT2D eigenvalue weighted by Gasteiger charge is -2.31. The molecule has 0 saturated carbocycles. The Morgan fingerprint density at radius 1 is 1.20 bits per heavy atom. The standard InChI is InChI=1S/C29H30N8O4/c1-3-5-13-35-25-26(33-28(35)34-12-8-10-20(31)16-34)36(18-24(38)41-4-2)29(40)37(27(25)39)17-21-14-19-9-6-7-11-22(19)23(15-30)32-21/h6-7,9,11,14,20H,4,8,10,12-13,16-18,31H2,1-2H3. The topological polar surface area (TPSA) is 154 Å². The van der Waals surface area contributed by atoms with Gasteiger partial charge in [-0.25, -0.2) is 9.78 Å². The number of piperidine rings is 1. The number of hydrogen-bond acceptors (Lipinski definition) is 9. The maximum absolute atomic E-state index is 14.1. The number of anilines is 1. The maximum atomic E-state index is 14.1. The Bertz CT molecular complexity index is 1870. The van der Waals surface area contributed by atoms with Gasteiger partial charge < -0.3 is 15.4 Å². The molecule has 3 aromatic heterocycles. The van der Waals surface area contributed by atoms with Gasteiger partial charge in [-0.1, -0.05) is 30.2 Å². The molecule has 1 aromatic carbocycles. The van der Waals surface area contributed by atoms with Crippen LogP contribution in [0, 0.1) is 23.2 Å². The Morgan fingerprint density at radius 3 is 2.73 bits per heavy atom.